The normalized spacial score (nSPS) is 10.3. The summed E-state index contributed by atoms with van der Waals surface area (Å²) < 4.78 is 16.2. The second kappa shape index (κ2) is 10.1. The van der Waals surface area contributed by atoms with Crippen LogP contribution in [0, 0.1) is 0 Å². The number of hydrogen-bond donors (Lipinski definition) is 2. The van der Waals surface area contributed by atoms with Crippen molar-refractivity contribution in [2.45, 2.75) is 12.8 Å². The van der Waals surface area contributed by atoms with Gasteiger partial charge in [0.15, 0.2) is 0 Å². The van der Waals surface area contributed by atoms with E-state index < -0.39 is 5.91 Å². The average molecular weight is 421 g/mol. The van der Waals surface area contributed by atoms with E-state index in [0.717, 1.165) is 5.56 Å². The third kappa shape index (κ3) is 5.96. The molecular formula is C23H23N3O5. The number of pyridine rings is 1. The number of rotatable bonds is 9. The van der Waals surface area contributed by atoms with Crippen molar-refractivity contribution in [3.63, 3.8) is 0 Å². The minimum Gasteiger partial charge on any atom is -0.497 e. The first-order valence-electron chi connectivity index (χ1n) is 9.53. The van der Waals surface area contributed by atoms with Crippen molar-refractivity contribution < 1.29 is 23.8 Å². The lowest BCUT2D eigenvalue weighted by Gasteiger charge is -2.11. The number of amides is 2. The molecule has 0 radical (unpaired) electrons. The zero-order valence-electron chi connectivity index (χ0n) is 17.3. The number of ether oxygens (including phenoxy) is 3. The van der Waals surface area contributed by atoms with Crippen LogP contribution in [0.1, 0.15) is 22.3 Å². The molecule has 0 atom stereocenters. The van der Waals surface area contributed by atoms with Crippen molar-refractivity contribution in [3.8, 4) is 23.1 Å². The van der Waals surface area contributed by atoms with Crippen LogP contribution in [-0.4, -0.2) is 31.0 Å². The van der Waals surface area contributed by atoms with Gasteiger partial charge in [-0.2, -0.15) is 0 Å². The fraction of sp³-hybridized carbons (Fsp3) is 0.174. The van der Waals surface area contributed by atoms with E-state index in [4.69, 9.17) is 19.9 Å². The Balaban J connectivity index is 1.57. The lowest BCUT2D eigenvalue weighted by Crippen LogP contribution is -2.12. The van der Waals surface area contributed by atoms with Gasteiger partial charge in [-0.1, -0.05) is 6.07 Å². The largest absolute Gasteiger partial charge is 0.497 e. The predicted molar refractivity (Wildman–Crippen MR) is 116 cm³/mol. The van der Waals surface area contributed by atoms with Crippen LogP contribution in [0.2, 0.25) is 0 Å². The first-order valence-corrected chi connectivity index (χ1v) is 9.53. The van der Waals surface area contributed by atoms with Gasteiger partial charge in [0.05, 0.1) is 26.1 Å². The summed E-state index contributed by atoms with van der Waals surface area (Å²) in [5.74, 6) is 1.47. The Kier molecular flexibility index (Phi) is 7.05. The molecule has 31 heavy (non-hydrogen) atoms. The molecule has 0 aliphatic carbocycles. The SMILES string of the molecule is COc1ccc(OC)c(CCC(=O)Nc2ccc(Oc3cccc(C(N)=O)c3)nc2)c1. The van der Waals surface area contributed by atoms with E-state index >= 15 is 0 Å². The van der Waals surface area contributed by atoms with Crippen molar-refractivity contribution >= 4 is 17.5 Å². The highest BCUT2D eigenvalue weighted by Crippen LogP contribution is 2.25. The van der Waals surface area contributed by atoms with E-state index in [0.29, 0.717) is 40.8 Å². The summed E-state index contributed by atoms with van der Waals surface area (Å²) in [6.45, 7) is 0. The van der Waals surface area contributed by atoms with Gasteiger partial charge in [0.1, 0.15) is 17.2 Å². The lowest BCUT2D eigenvalue weighted by molar-refractivity contribution is -0.116. The minimum atomic E-state index is -0.539. The van der Waals surface area contributed by atoms with Crippen LogP contribution in [0.15, 0.2) is 60.8 Å². The smallest absolute Gasteiger partial charge is 0.248 e. The van der Waals surface area contributed by atoms with E-state index in [9.17, 15) is 9.59 Å². The van der Waals surface area contributed by atoms with Crippen LogP contribution < -0.4 is 25.3 Å². The molecule has 2 aromatic carbocycles. The van der Waals surface area contributed by atoms with Crippen LogP contribution in [0.5, 0.6) is 23.1 Å². The van der Waals surface area contributed by atoms with Crippen LogP contribution >= 0.6 is 0 Å². The molecular weight excluding hydrogens is 398 g/mol. The molecule has 3 rings (SSSR count). The number of aryl methyl sites for hydroxylation is 1. The van der Waals surface area contributed by atoms with Gasteiger partial charge in [-0.25, -0.2) is 4.98 Å². The highest BCUT2D eigenvalue weighted by Gasteiger charge is 2.10. The van der Waals surface area contributed by atoms with Crippen LogP contribution in [0.4, 0.5) is 5.69 Å². The average Bonchev–Trinajstić information content (AvgIpc) is 2.79. The van der Waals surface area contributed by atoms with E-state index in [1.807, 2.05) is 18.2 Å². The van der Waals surface area contributed by atoms with Crippen molar-refractivity contribution in [2.75, 3.05) is 19.5 Å². The maximum Gasteiger partial charge on any atom is 0.248 e. The highest BCUT2D eigenvalue weighted by atomic mass is 16.5. The standard InChI is InChI=1S/C23H23N3O5/c1-29-18-8-9-20(30-2)15(12-18)6-10-21(27)26-17-7-11-22(25-14-17)31-19-5-3-4-16(13-19)23(24)28/h3-5,7-9,11-14H,6,10H2,1-2H3,(H2,24,28)(H,26,27). The van der Waals surface area contributed by atoms with Gasteiger partial charge in [0, 0.05) is 18.1 Å². The molecule has 1 aromatic heterocycles. The number of hydrogen-bond acceptors (Lipinski definition) is 6. The molecule has 0 aliphatic heterocycles. The summed E-state index contributed by atoms with van der Waals surface area (Å²) >= 11 is 0. The molecule has 0 unspecified atom stereocenters. The highest BCUT2D eigenvalue weighted by molar-refractivity contribution is 5.93. The summed E-state index contributed by atoms with van der Waals surface area (Å²) in [5.41, 5.74) is 7.04. The number of anilines is 1. The number of carbonyl (C=O) groups excluding carboxylic acids is 2. The molecule has 8 nitrogen and oxygen atoms in total. The van der Waals surface area contributed by atoms with Crippen LogP contribution in [0.3, 0.4) is 0 Å². The molecule has 3 aromatic rings. The summed E-state index contributed by atoms with van der Waals surface area (Å²) in [5, 5.41) is 2.80. The molecule has 0 fully saturated rings. The second-order valence-electron chi connectivity index (χ2n) is 6.61. The summed E-state index contributed by atoms with van der Waals surface area (Å²) in [6.07, 6.45) is 2.26. The van der Waals surface area contributed by atoms with Crippen molar-refractivity contribution in [1.82, 2.24) is 4.98 Å². The topological polar surface area (TPSA) is 113 Å². The van der Waals surface area contributed by atoms with E-state index in [1.165, 1.54) is 12.3 Å². The number of nitrogens with one attached hydrogen (secondary N) is 1. The molecule has 1 heterocycles. The van der Waals surface area contributed by atoms with Gasteiger partial charge in [-0.3, -0.25) is 9.59 Å². The third-order valence-electron chi connectivity index (χ3n) is 4.47. The van der Waals surface area contributed by atoms with E-state index in [-0.39, 0.29) is 12.3 Å². The number of aromatic nitrogens is 1. The third-order valence-corrected chi connectivity index (χ3v) is 4.47. The molecule has 0 saturated heterocycles. The lowest BCUT2D eigenvalue weighted by atomic mass is 10.1. The quantitative estimate of drug-likeness (QED) is 0.546. The van der Waals surface area contributed by atoms with Gasteiger partial charge in [-0.15, -0.1) is 0 Å². The Morgan fingerprint density at radius 3 is 2.52 bits per heavy atom. The summed E-state index contributed by atoms with van der Waals surface area (Å²) in [6, 6.07) is 15.3. The fourth-order valence-corrected chi connectivity index (χ4v) is 2.90. The molecule has 3 N–H and O–H groups in total. The molecule has 0 aliphatic rings. The number of carbonyl (C=O) groups is 2. The fourth-order valence-electron chi connectivity index (χ4n) is 2.90. The molecule has 0 spiro atoms. The Morgan fingerprint density at radius 1 is 1.00 bits per heavy atom. The first-order chi connectivity index (χ1) is 15.0. The molecule has 160 valence electrons. The number of primary amides is 1. The van der Waals surface area contributed by atoms with E-state index in [2.05, 4.69) is 10.3 Å². The van der Waals surface area contributed by atoms with Crippen LogP contribution in [-0.2, 0) is 11.2 Å². The zero-order valence-corrected chi connectivity index (χ0v) is 17.3. The Hall–Kier alpha value is -4.07. The monoisotopic (exact) mass is 421 g/mol. The minimum absolute atomic E-state index is 0.158. The Labute approximate surface area is 180 Å². The Bertz CT molecular complexity index is 1070. The van der Waals surface area contributed by atoms with Crippen molar-refractivity contribution in [3.05, 3.63) is 71.9 Å². The number of nitrogens with zero attached hydrogens (tertiary/aromatic N) is 1. The Morgan fingerprint density at radius 2 is 1.84 bits per heavy atom. The van der Waals surface area contributed by atoms with Crippen LogP contribution in [0.25, 0.3) is 0 Å². The number of nitrogens with two attached hydrogens (primary N) is 1. The molecule has 2 amide bonds. The molecule has 8 heteroatoms. The number of benzene rings is 2. The van der Waals surface area contributed by atoms with Gasteiger partial charge < -0.3 is 25.3 Å². The zero-order chi connectivity index (χ0) is 22.2. The van der Waals surface area contributed by atoms with Gasteiger partial charge >= 0.3 is 0 Å². The maximum absolute atomic E-state index is 12.3. The van der Waals surface area contributed by atoms with Gasteiger partial charge in [0.2, 0.25) is 17.7 Å². The molecule has 0 saturated carbocycles. The van der Waals surface area contributed by atoms with Gasteiger partial charge in [0.25, 0.3) is 0 Å². The summed E-state index contributed by atoms with van der Waals surface area (Å²) in [4.78, 5) is 27.8. The van der Waals surface area contributed by atoms with E-state index in [1.54, 1.807) is 44.6 Å². The van der Waals surface area contributed by atoms with Crippen molar-refractivity contribution in [1.29, 1.82) is 0 Å². The van der Waals surface area contributed by atoms with Gasteiger partial charge in [-0.05, 0) is 54.4 Å². The molecule has 0 bridgehead atoms. The maximum atomic E-state index is 12.3. The van der Waals surface area contributed by atoms with Crippen molar-refractivity contribution in [2.24, 2.45) is 5.73 Å². The second-order valence-corrected chi connectivity index (χ2v) is 6.61. The summed E-state index contributed by atoms with van der Waals surface area (Å²) in [7, 11) is 3.18. The number of methoxy groups -OCH3 is 2. The predicted octanol–water partition coefficient (Wildman–Crippen LogP) is 3.56. The first kappa shape index (κ1) is 21.6.